The standard InChI is InChI=1S/C7H12BrN3/c1-5(9-2)6-4-7(8)11(3)10-6/h4-5,9H,1-3H3. The maximum absolute atomic E-state index is 4.29. The van der Waals surface area contributed by atoms with E-state index in [2.05, 4.69) is 33.3 Å². The maximum Gasteiger partial charge on any atom is 0.104 e. The first-order valence-corrected chi connectivity index (χ1v) is 4.31. The van der Waals surface area contributed by atoms with Crippen LogP contribution in [0.5, 0.6) is 0 Å². The first kappa shape index (κ1) is 8.74. The van der Waals surface area contributed by atoms with Crippen LogP contribution in [0.3, 0.4) is 0 Å². The summed E-state index contributed by atoms with van der Waals surface area (Å²) >= 11 is 3.39. The van der Waals surface area contributed by atoms with E-state index in [9.17, 15) is 0 Å². The van der Waals surface area contributed by atoms with Gasteiger partial charge in [-0.1, -0.05) is 0 Å². The molecular weight excluding hydrogens is 206 g/mol. The lowest BCUT2D eigenvalue weighted by Crippen LogP contribution is -2.13. The highest BCUT2D eigenvalue weighted by Crippen LogP contribution is 2.15. The SMILES string of the molecule is CNC(C)c1cc(Br)n(C)n1. The molecule has 1 unspecified atom stereocenters. The van der Waals surface area contributed by atoms with Crippen molar-refractivity contribution in [1.82, 2.24) is 15.1 Å². The predicted molar refractivity (Wildman–Crippen MR) is 48.4 cm³/mol. The molecule has 0 saturated heterocycles. The Hall–Kier alpha value is -0.350. The fourth-order valence-electron chi connectivity index (χ4n) is 0.825. The van der Waals surface area contributed by atoms with Crippen LogP contribution in [0.4, 0.5) is 0 Å². The first-order chi connectivity index (χ1) is 5.15. The van der Waals surface area contributed by atoms with Gasteiger partial charge in [-0.15, -0.1) is 0 Å². The number of aromatic nitrogens is 2. The minimum absolute atomic E-state index is 0.312. The first-order valence-electron chi connectivity index (χ1n) is 3.52. The molecule has 1 atom stereocenters. The van der Waals surface area contributed by atoms with Gasteiger partial charge < -0.3 is 5.32 Å². The molecule has 4 heteroatoms. The summed E-state index contributed by atoms with van der Waals surface area (Å²) in [5.74, 6) is 0. The number of hydrogen-bond donors (Lipinski definition) is 1. The molecule has 0 aliphatic carbocycles. The Morgan fingerprint density at radius 3 is 2.73 bits per heavy atom. The van der Waals surface area contributed by atoms with E-state index in [0.717, 1.165) is 10.3 Å². The molecule has 3 nitrogen and oxygen atoms in total. The van der Waals surface area contributed by atoms with Crippen LogP contribution in [-0.2, 0) is 7.05 Å². The lowest BCUT2D eigenvalue weighted by Gasteiger charge is -2.04. The molecule has 0 amide bonds. The number of hydrogen-bond acceptors (Lipinski definition) is 2. The Labute approximate surface area is 74.9 Å². The zero-order chi connectivity index (χ0) is 8.43. The summed E-state index contributed by atoms with van der Waals surface area (Å²) in [7, 11) is 3.84. The Kier molecular flexibility index (Phi) is 2.67. The van der Waals surface area contributed by atoms with Gasteiger partial charge in [-0.25, -0.2) is 0 Å². The van der Waals surface area contributed by atoms with Crippen LogP contribution in [0.25, 0.3) is 0 Å². The van der Waals surface area contributed by atoms with Crippen LogP contribution in [0.1, 0.15) is 18.7 Å². The third kappa shape index (κ3) is 1.81. The zero-order valence-corrected chi connectivity index (χ0v) is 8.51. The van der Waals surface area contributed by atoms with Crippen LogP contribution in [-0.4, -0.2) is 16.8 Å². The second-order valence-electron chi connectivity index (χ2n) is 2.53. The van der Waals surface area contributed by atoms with Crippen LogP contribution in [0, 0.1) is 0 Å². The summed E-state index contributed by atoms with van der Waals surface area (Å²) in [5.41, 5.74) is 1.06. The van der Waals surface area contributed by atoms with Gasteiger partial charge in [-0.2, -0.15) is 5.10 Å². The fourth-order valence-corrected chi connectivity index (χ4v) is 1.14. The minimum atomic E-state index is 0.312. The highest BCUT2D eigenvalue weighted by atomic mass is 79.9. The molecule has 0 aliphatic heterocycles. The molecule has 0 fully saturated rings. The molecule has 0 radical (unpaired) electrons. The van der Waals surface area contributed by atoms with Gasteiger partial charge in [-0.05, 0) is 36.0 Å². The maximum atomic E-state index is 4.29. The molecule has 1 heterocycles. The summed E-state index contributed by atoms with van der Waals surface area (Å²) in [4.78, 5) is 0. The fraction of sp³-hybridized carbons (Fsp3) is 0.571. The van der Waals surface area contributed by atoms with Crippen LogP contribution < -0.4 is 5.32 Å². The van der Waals surface area contributed by atoms with Gasteiger partial charge in [0.15, 0.2) is 0 Å². The summed E-state index contributed by atoms with van der Waals surface area (Å²) in [6.45, 7) is 2.08. The molecule has 0 saturated carbocycles. The van der Waals surface area contributed by atoms with E-state index in [-0.39, 0.29) is 0 Å². The number of nitrogens with zero attached hydrogens (tertiary/aromatic N) is 2. The molecule has 1 aromatic rings. The average Bonchev–Trinajstić information content (AvgIpc) is 2.31. The van der Waals surface area contributed by atoms with Crippen molar-refractivity contribution in [1.29, 1.82) is 0 Å². The quantitative estimate of drug-likeness (QED) is 0.814. The highest BCUT2D eigenvalue weighted by molar-refractivity contribution is 9.10. The van der Waals surface area contributed by atoms with Gasteiger partial charge in [0.05, 0.1) is 5.69 Å². The number of aryl methyl sites for hydroxylation is 1. The summed E-state index contributed by atoms with van der Waals surface area (Å²) in [6, 6.07) is 2.33. The second kappa shape index (κ2) is 3.36. The molecule has 0 bridgehead atoms. The summed E-state index contributed by atoms with van der Waals surface area (Å²) in [6.07, 6.45) is 0. The van der Waals surface area contributed by atoms with Crippen molar-refractivity contribution in [2.45, 2.75) is 13.0 Å². The average molecular weight is 218 g/mol. The summed E-state index contributed by atoms with van der Waals surface area (Å²) < 4.78 is 2.82. The third-order valence-corrected chi connectivity index (χ3v) is 2.46. The molecular formula is C7H12BrN3. The van der Waals surface area contributed by atoms with Crippen molar-refractivity contribution in [2.75, 3.05) is 7.05 Å². The van der Waals surface area contributed by atoms with Gasteiger partial charge in [0, 0.05) is 13.1 Å². The molecule has 1 aromatic heterocycles. The van der Waals surface area contributed by atoms with E-state index in [1.807, 2.05) is 24.8 Å². The minimum Gasteiger partial charge on any atom is -0.312 e. The molecule has 0 spiro atoms. The van der Waals surface area contributed by atoms with Crippen molar-refractivity contribution < 1.29 is 0 Å². The summed E-state index contributed by atoms with van der Waals surface area (Å²) in [5, 5.41) is 7.41. The normalized spacial score (nSPS) is 13.5. The zero-order valence-electron chi connectivity index (χ0n) is 6.93. The van der Waals surface area contributed by atoms with E-state index in [0.29, 0.717) is 6.04 Å². The second-order valence-corrected chi connectivity index (χ2v) is 3.34. The van der Waals surface area contributed by atoms with Gasteiger partial charge in [0.2, 0.25) is 0 Å². The molecule has 1 rings (SSSR count). The largest absolute Gasteiger partial charge is 0.312 e. The lowest BCUT2D eigenvalue weighted by atomic mass is 10.2. The van der Waals surface area contributed by atoms with Crippen LogP contribution in [0.2, 0.25) is 0 Å². The van der Waals surface area contributed by atoms with E-state index in [1.165, 1.54) is 0 Å². The predicted octanol–water partition coefficient (Wildman–Crippen LogP) is 1.46. The number of nitrogens with one attached hydrogen (secondary N) is 1. The van der Waals surface area contributed by atoms with E-state index >= 15 is 0 Å². The monoisotopic (exact) mass is 217 g/mol. The van der Waals surface area contributed by atoms with Gasteiger partial charge in [0.1, 0.15) is 4.60 Å². The Balaban J connectivity index is 2.88. The van der Waals surface area contributed by atoms with Crippen molar-refractivity contribution in [3.63, 3.8) is 0 Å². The van der Waals surface area contributed by atoms with Crippen molar-refractivity contribution in [3.05, 3.63) is 16.4 Å². The molecule has 11 heavy (non-hydrogen) atoms. The topological polar surface area (TPSA) is 29.9 Å². The van der Waals surface area contributed by atoms with E-state index in [1.54, 1.807) is 0 Å². The number of rotatable bonds is 2. The highest BCUT2D eigenvalue weighted by Gasteiger charge is 2.07. The lowest BCUT2D eigenvalue weighted by molar-refractivity contribution is 0.610. The van der Waals surface area contributed by atoms with Gasteiger partial charge in [0.25, 0.3) is 0 Å². The molecule has 0 aromatic carbocycles. The van der Waals surface area contributed by atoms with E-state index in [4.69, 9.17) is 0 Å². The molecule has 1 N–H and O–H groups in total. The van der Waals surface area contributed by atoms with E-state index < -0.39 is 0 Å². The van der Waals surface area contributed by atoms with Crippen molar-refractivity contribution >= 4 is 15.9 Å². The Morgan fingerprint density at radius 1 is 1.73 bits per heavy atom. The van der Waals surface area contributed by atoms with Crippen molar-refractivity contribution in [2.24, 2.45) is 7.05 Å². The Morgan fingerprint density at radius 2 is 2.36 bits per heavy atom. The van der Waals surface area contributed by atoms with Crippen LogP contribution >= 0.6 is 15.9 Å². The van der Waals surface area contributed by atoms with Gasteiger partial charge >= 0.3 is 0 Å². The third-order valence-electron chi connectivity index (χ3n) is 1.72. The van der Waals surface area contributed by atoms with Gasteiger partial charge in [-0.3, -0.25) is 4.68 Å². The smallest absolute Gasteiger partial charge is 0.104 e. The van der Waals surface area contributed by atoms with Crippen molar-refractivity contribution in [3.8, 4) is 0 Å². The number of halogens is 1. The van der Waals surface area contributed by atoms with Crippen LogP contribution in [0.15, 0.2) is 10.7 Å². The molecule has 62 valence electrons. The Bertz CT molecular complexity index is 224. The molecule has 0 aliphatic rings.